The highest BCUT2D eigenvalue weighted by atomic mass is 16.3. The van der Waals surface area contributed by atoms with E-state index in [0.29, 0.717) is 6.54 Å². The second-order valence-corrected chi connectivity index (χ2v) is 5.79. The molecular weight excluding hydrogens is 250 g/mol. The maximum Gasteiger partial charge on any atom is 0.121 e. The standard InChI is InChI=1S/C17H17NO2/c1-18-9-15(20)17-14(19)7-6-12-11-5-3-2-4-10(11)8-13(18)16(12)17/h2-7,13,15,19-20H,8-9H2,1H3. The fraction of sp³-hybridized carbons (Fsp3) is 0.294. The molecule has 0 radical (unpaired) electrons. The van der Waals surface area contributed by atoms with E-state index in [2.05, 4.69) is 23.1 Å². The lowest BCUT2D eigenvalue weighted by Gasteiger charge is -2.41. The summed E-state index contributed by atoms with van der Waals surface area (Å²) >= 11 is 0. The van der Waals surface area contributed by atoms with Crippen molar-refractivity contribution >= 4 is 0 Å². The van der Waals surface area contributed by atoms with E-state index >= 15 is 0 Å². The number of likely N-dealkylation sites (N-methyl/N-ethyl adjacent to an activating group) is 1. The van der Waals surface area contributed by atoms with Gasteiger partial charge in [0.1, 0.15) is 5.75 Å². The number of aromatic hydroxyl groups is 1. The van der Waals surface area contributed by atoms with Crippen LogP contribution in [0.2, 0.25) is 0 Å². The van der Waals surface area contributed by atoms with Gasteiger partial charge in [-0.3, -0.25) is 4.90 Å². The summed E-state index contributed by atoms with van der Waals surface area (Å²) in [5, 5.41) is 20.5. The van der Waals surface area contributed by atoms with Crippen LogP contribution in [0.1, 0.15) is 28.8 Å². The van der Waals surface area contributed by atoms with Crippen molar-refractivity contribution in [2.24, 2.45) is 0 Å². The van der Waals surface area contributed by atoms with Gasteiger partial charge in [0, 0.05) is 18.2 Å². The Bertz CT molecular complexity index is 695. The Hall–Kier alpha value is -1.84. The second-order valence-electron chi connectivity index (χ2n) is 5.79. The van der Waals surface area contributed by atoms with Crippen molar-refractivity contribution in [1.82, 2.24) is 4.90 Å². The average Bonchev–Trinajstić information content (AvgIpc) is 2.44. The van der Waals surface area contributed by atoms with Gasteiger partial charge in [-0.15, -0.1) is 0 Å². The first-order chi connectivity index (χ1) is 9.66. The van der Waals surface area contributed by atoms with E-state index in [1.165, 1.54) is 11.1 Å². The normalized spacial score (nSPS) is 24.1. The minimum absolute atomic E-state index is 0.216. The fourth-order valence-corrected chi connectivity index (χ4v) is 3.71. The molecule has 2 atom stereocenters. The summed E-state index contributed by atoms with van der Waals surface area (Å²) in [4.78, 5) is 2.19. The van der Waals surface area contributed by atoms with E-state index < -0.39 is 6.10 Å². The van der Waals surface area contributed by atoms with Crippen molar-refractivity contribution in [2.45, 2.75) is 18.6 Å². The zero-order valence-electron chi connectivity index (χ0n) is 11.4. The predicted molar refractivity (Wildman–Crippen MR) is 77.6 cm³/mol. The number of rotatable bonds is 0. The third-order valence-electron chi connectivity index (χ3n) is 4.64. The van der Waals surface area contributed by atoms with Crippen molar-refractivity contribution in [3.63, 3.8) is 0 Å². The molecule has 0 bridgehead atoms. The molecule has 3 heteroatoms. The third-order valence-corrected chi connectivity index (χ3v) is 4.64. The molecule has 0 saturated carbocycles. The summed E-state index contributed by atoms with van der Waals surface area (Å²) < 4.78 is 0. The molecule has 2 unspecified atom stereocenters. The van der Waals surface area contributed by atoms with Gasteiger partial charge in [0.2, 0.25) is 0 Å². The molecular formula is C17H17NO2. The SMILES string of the molecule is CN1CC(O)c2c(O)ccc3c2C1Cc1ccccc1-3. The summed E-state index contributed by atoms with van der Waals surface area (Å²) in [5.74, 6) is 0.216. The van der Waals surface area contributed by atoms with Gasteiger partial charge in [-0.25, -0.2) is 0 Å². The molecule has 3 nitrogen and oxygen atoms in total. The van der Waals surface area contributed by atoms with E-state index in [-0.39, 0.29) is 11.8 Å². The molecule has 2 aliphatic rings. The zero-order valence-corrected chi connectivity index (χ0v) is 11.4. The molecule has 2 aromatic carbocycles. The molecule has 0 saturated heterocycles. The average molecular weight is 267 g/mol. The zero-order chi connectivity index (χ0) is 13.9. The number of nitrogens with zero attached hydrogens (tertiary/aromatic N) is 1. The number of aliphatic hydroxyl groups excluding tert-OH is 1. The Morgan fingerprint density at radius 2 is 1.85 bits per heavy atom. The first kappa shape index (κ1) is 11.9. The van der Waals surface area contributed by atoms with E-state index in [4.69, 9.17) is 0 Å². The minimum Gasteiger partial charge on any atom is -0.508 e. The van der Waals surface area contributed by atoms with Crippen LogP contribution in [-0.4, -0.2) is 28.7 Å². The van der Waals surface area contributed by atoms with Crippen LogP contribution in [0.3, 0.4) is 0 Å². The Morgan fingerprint density at radius 1 is 1.05 bits per heavy atom. The van der Waals surface area contributed by atoms with Gasteiger partial charge in [-0.2, -0.15) is 0 Å². The Morgan fingerprint density at radius 3 is 2.70 bits per heavy atom. The monoisotopic (exact) mass is 267 g/mol. The van der Waals surface area contributed by atoms with Gasteiger partial charge >= 0.3 is 0 Å². The van der Waals surface area contributed by atoms with Gasteiger partial charge in [0.15, 0.2) is 0 Å². The van der Waals surface area contributed by atoms with Crippen LogP contribution >= 0.6 is 0 Å². The number of phenols is 1. The first-order valence-corrected chi connectivity index (χ1v) is 6.99. The number of fused-ring (bicyclic) bond motifs is 2. The molecule has 2 N–H and O–H groups in total. The third kappa shape index (κ3) is 1.48. The number of benzene rings is 2. The molecule has 1 aliphatic carbocycles. The van der Waals surface area contributed by atoms with Crippen molar-refractivity contribution in [3.05, 3.63) is 53.1 Å². The van der Waals surface area contributed by atoms with E-state index in [9.17, 15) is 10.2 Å². The summed E-state index contributed by atoms with van der Waals surface area (Å²) in [6.07, 6.45) is 0.319. The molecule has 0 amide bonds. The molecule has 2 aromatic rings. The van der Waals surface area contributed by atoms with Crippen LogP contribution in [0.4, 0.5) is 0 Å². The van der Waals surface area contributed by atoms with Crippen molar-refractivity contribution in [2.75, 3.05) is 13.6 Å². The molecule has 20 heavy (non-hydrogen) atoms. The summed E-state index contributed by atoms with van der Waals surface area (Å²) in [6.45, 7) is 0.566. The van der Waals surface area contributed by atoms with Crippen LogP contribution in [0, 0.1) is 0 Å². The van der Waals surface area contributed by atoms with Crippen molar-refractivity contribution in [3.8, 4) is 16.9 Å². The second kappa shape index (κ2) is 4.08. The van der Waals surface area contributed by atoms with Crippen molar-refractivity contribution < 1.29 is 10.2 Å². The molecule has 1 heterocycles. The molecule has 0 fully saturated rings. The van der Waals surface area contributed by atoms with Gasteiger partial charge < -0.3 is 10.2 Å². The number of hydrogen-bond acceptors (Lipinski definition) is 3. The van der Waals surface area contributed by atoms with Crippen LogP contribution in [-0.2, 0) is 6.42 Å². The van der Waals surface area contributed by atoms with E-state index in [1.807, 2.05) is 19.2 Å². The Labute approximate surface area is 118 Å². The maximum atomic E-state index is 10.3. The van der Waals surface area contributed by atoms with Gasteiger partial charge in [0.25, 0.3) is 0 Å². The van der Waals surface area contributed by atoms with Gasteiger partial charge in [0.05, 0.1) is 6.10 Å². The number of hydrogen-bond donors (Lipinski definition) is 2. The quantitative estimate of drug-likeness (QED) is 0.771. The Balaban J connectivity index is 2.06. The fourth-order valence-electron chi connectivity index (χ4n) is 3.71. The number of aliphatic hydroxyl groups is 1. The van der Waals surface area contributed by atoms with Gasteiger partial charge in [-0.1, -0.05) is 30.3 Å². The van der Waals surface area contributed by atoms with Crippen LogP contribution in [0.15, 0.2) is 36.4 Å². The van der Waals surface area contributed by atoms with Crippen LogP contribution in [0.5, 0.6) is 5.75 Å². The summed E-state index contributed by atoms with van der Waals surface area (Å²) in [7, 11) is 2.04. The minimum atomic E-state index is -0.614. The first-order valence-electron chi connectivity index (χ1n) is 6.99. The Kier molecular flexibility index (Phi) is 2.43. The highest BCUT2D eigenvalue weighted by Crippen LogP contribution is 2.49. The van der Waals surface area contributed by atoms with E-state index in [1.54, 1.807) is 6.07 Å². The highest BCUT2D eigenvalue weighted by Gasteiger charge is 2.37. The molecule has 4 rings (SSSR count). The predicted octanol–water partition coefficient (Wildman–Crippen LogP) is 2.64. The molecule has 0 spiro atoms. The highest BCUT2D eigenvalue weighted by molar-refractivity contribution is 5.77. The van der Waals surface area contributed by atoms with Gasteiger partial charge in [-0.05, 0) is 41.8 Å². The lowest BCUT2D eigenvalue weighted by Crippen LogP contribution is -2.37. The number of phenolic OH excluding ortho intramolecular Hbond substituents is 1. The topological polar surface area (TPSA) is 43.7 Å². The lowest BCUT2D eigenvalue weighted by molar-refractivity contribution is 0.0809. The van der Waals surface area contributed by atoms with Crippen LogP contribution < -0.4 is 0 Å². The lowest BCUT2D eigenvalue weighted by atomic mass is 9.76. The van der Waals surface area contributed by atoms with Crippen LogP contribution in [0.25, 0.3) is 11.1 Å². The van der Waals surface area contributed by atoms with E-state index in [0.717, 1.165) is 23.1 Å². The van der Waals surface area contributed by atoms with Crippen molar-refractivity contribution in [1.29, 1.82) is 0 Å². The smallest absolute Gasteiger partial charge is 0.121 e. The molecule has 0 aromatic heterocycles. The summed E-state index contributed by atoms with van der Waals surface area (Å²) in [6, 6.07) is 12.3. The summed E-state index contributed by atoms with van der Waals surface area (Å²) in [5.41, 5.74) is 5.53. The number of β-amino-alcohol motifs (C(OH)–C–C–N with tert-alkyl or cyclic N) is 1. The largest absolute Gasteiger partial charge is 0.508 e. The molecule has 102 valence electrons. The maximum absolute atomic E-state index is 10.3. The molecule has 1 aliphatic heterocycles.